The van der Waals surface area contributed by atoms with Gasteiger partial charge in [0.1, 0.15) is 17.7 Å². The molecule has 1 aliphatic heterocycles. The summed E-state index contributed by atoms with van der Waals surface area (Å²) in [5.74, 6) is 0.685. The highest BCUT2D eigenvalue weighted by atomic mass is 79.9. The van der Waals surface area contributed by atoms with Gasteiger partial charge in [0, 0.05) is 17.3 Å². The maximum atomic E-state index is 13.2. The van der Waals surface area contributed by atoms with Crippen LogP contribution in [0.2, 0.25) is 0 Å². The van der Waals surface area contributed by atoms with Crippen LogP contribution in [0.3, 0.4) is 0 Å². The average Bonchev–Trinajstić information content (AvgIpc) is 2.70. The monoisotopic (exact) mass is 314 g/mol. The van der Waals surface area contributed by atoms with Crippen LogP contribution in [-0.2, 0) is 6.42 Å². The number of rotatable bonds is 5. The summed E-state index contributed by atoms with van der Waals surface area (Å²) in [6.07, 6.45) is 4.40. The van der Waals surface area contributed by atoms with E-state index < -0.39 is 0 Å². The first-order valence-corrected chi connectivity index (χ1v) is 7.69. The van der Waals surface area contributed by atoms with E-state index in [0.717, 1.165) is 29.5 Å². The van der Waals surface area contributed by atoms with Gasteiger partial charge in [0.05, 0.1) is 0 Å². The van der Waals surface area contributed by atoms with Crippen LogP contribution >= 0.6 is 15.9 Å². The topological polar surface area (TPSA) is 9.23 Å². The quantitative estimate of drug-likeness (QED) is 0.714. The van der Waals surface area contributed by atoms with Gasteiger partial charge in [-0.3, -0.25) is 0 Å². The lowest BCUT2D eigenvalue weighted by molar-refractivity contribution is 0.153. The molecule has 100 valence electrons. The van der Waals surface area contributed by atoms with Crippen LogP contribution in [0.5, 0.6) is 5.75 Å². The van der Waals surface area contributed by atoms with Gasteiger partial charge in [0.25, 0.3) is 0 Å². The number of benzene rings is 1. The first-order valence-electron chi connectivity index (χ1n) is 6.57. The highest BCUT2D eigenvalue weighted by Gasteiger charge is 2.31. The molecule has 0 saturated carbocycles. The smallest absolute Gasteiger partial charge is 0.123 e. The molecule has 0 aromatic heterocycles. The van der Waals surface area contributed by atoms with Crippen molar-refractivity contribution in [2.24, 2.45) is 5.41 Å². The van der Waals surface area contributed by atoms with Crippen molar-refractivity contribution in [2.75, 3.05) is 5.33 Å². The molecule has 0 N–H and O–H groups in total. The molecule has 1 aromatic rings. The van der Waals surface area contributed by atoms with E-state index in [9.17, 15) is 4.39 Å². The molecule has 0 spiro atoms. The van der Waals surface area contributed by atoms with E-state index in [2.05, 4.69) is 29.8 Å². The molecule has 1 aromatic carbocycles. The number of ether oxygens (including phenoxy) is 1. The molecule has 0 radical (unpaired) electrons. The molecular weight excluding hydrogens is 295 g/mol. The molecule has 1 heterocycles. The average molecular weight is 315 g/mol. The van der Waals surface area contributed by atoms with Gasteiger partial charge < -0.3 is 4.74 Å². The molecule has 1 nitrogen and oxygen atoms in total. The van der Waals surface area contributed by atoms with Crippen LogP contribution in [-0.4, -0.2) is 11.4 Å². The molecule has 0 amide bonds. The van der Waals surface area contributed by atoms with Crippen molar-refractivity contribution in [3.8, 4) is 5.75 Å². The summed E-state index contributed by atoms with van der Waals surface area (Å²) in [5.41, 5.74) is 1.27. The normalized spacial score (nSPS) is 21.2. The van der Waals surface area contributed by atoms with E-state index in [4.69, 9.17) is 4.74 Å². The SMILES string of the molecule is CCCC(C)(CBr)CC1Cc2cc(F)ccc2O1. The van der Waals surface area contributed by atoms with Crippen molar-refractivity contribution >= 4 is 15.9 Å². The Morgan fingerprint density at radius 3 is 2.94 bits per heavy atom. The first-order chi connectivity index (χ1) is 8.56. The predicted octanol–water partition coefficient (Wildman–Crippen LogP) is 4.72. The highest BCUT2D eigenvalue weighted by Crippen LogP contribution is 2.37. The summed E-state index contributed by atoms with van der Waals surface area (Å²) < 4.78 is 19.1. The summed E-state index contributed by atoms with van der Waals surface area (Å²) in [4.78, 5) is 0. The summed E-state index contributed by atoms with van der Waals surface area (Å²) >= 11 is 3.61. The number of hydrogen-bond donors (Lipinski definition) is 0. The Labute approximate surface area is 117 Å². The minimum Gasteiger partial charge on any atom is -0.490 e. The van der Waals surface area contributed by atoms with Gasteiger partial charge in [0.15, 0.2) is 0 Å². The van der Waals surface area contributed by atoms with E-state index in [1.165, 1.54) is 18.9 Å². The lowest BCUT2D eigenvalue weighted by atomic mass is 9.81. The third kappa shape index (κ3) is 3.05. The predicted molar refractivity (Wildman–Crippen MR) is 75.9 cm³/mol. The zero-order valence-electron chi connectivity index (χ0n) is 11.0. The molecular formula is C15H20BrFO. The standard InChI is InChI=1S/C15H20BrFO/c1-3-6-15(2,10-16)9-13-8-11-7-12(17)4-5-14(11)18-13/h4-5,7,13H,3,6,8-10H2,1-2H3. The van der Waals surface area contributed by atoms with Crippen molar-refractivity contribution in [3.05, 3.63) is 29.6 Å². The Kier molecular flexibility index (Phi) is 4.31. The fraction of sp³-hybridized carbons (Fsp3) is 0.600. The third-order valence-electron chi connectivity index (χ3n) is 3.66. The lowest BCUT2D eigenvalue weighted by Gasteiger charge is -2.29. The van der Waals surface area contributed by atoms with Crippen LogP contribution in [0, 0.1) is 11.2 Å². The minimum absolute atomic E-state index is 0.171. The molecule has 18 heavy (non-hydrogen) atoms. The Balaban J connectivity index is 2.02. The molecule has 2 atom stereocenters. The van der Waals surface area contributed by atoms with Gasteiger partial charge in [-0.05, 0) is 36.5 Å². The molecule has 2 unspecified atom stereocenters. The Morgan fingerprint density at radius 1 is 1.50 bits per heavy atom. The second kappa shape index (κ2) is 5.60. The van der Waals surface area contributed by atoms with E-state index in [1.54, 1.807) is 12.1 Å². The van der Waals surface area contributed by atoms with Gasteiger partial charge in [0.2, 0.25) is 0 Å². The van der Waals surface area contributed by atoms with E-state index >= 15 is 0 Å². The number of hydrogen-bond acceptors (Lipinski definition) is 1. The molecule has 3 heteroatoms. The maximum Gasteiger partial charge on any atom is 0.123 e. The summed E-state index contributed by atoms with van der Waals surface area (Å²) in [5, 5.41) is 0.985. The van der Waals surface area contributed by atoms with Crippen molar-refractivity contribution in [3.63, 3.8) is 0 Å². The van der Waals surface area contributed by atoms with Crippen molar-refractivity contribution in [1.82, 2.24) is 0 Å². The molecule has 0 bridgehead atoms. The zero-order valence-corrected chi connectivity index (χ0v) is 12.6. The molecule has 0 fully saturated rings. The van der Waals surface area contributed by atoms with E-state index in [0.29, 0.717) is 0 Å². The minimum atomic E-state index is -0.171. The third-order valence-corrected chi connectivity index (χ3v) is 5.01. The first kappa shape index (κ1) is 13.9. The zero-order chi connectivity index (χ0) is 13.2. The summed E-state index contributed by atoms with van der Waals surface area (Å²) in [7, 11) is 0. The van der Waals surface area contributed by atoms with Crippen LogP contribution in [0.25, 0.3) is 0 Å². The molecule has 0 aliphatic carbocycles. The Morgan fingerprint density at radius 2 is 2.28 bits per heavy atom. The maximum absolute atomic E-state index is 13.2. The number of fused-ring (bicyclic) bond motifs is 1. The van der Waals surface area contributed by atoms with Crippen LogP contribution in [0.1, 0.15) is 38.7 Å². The van der Waals surface area contributed by atoms with Gasteiger partial charge in [-0.15, -0.1) is 0 Å². The fourth-order valence-corrected chi connectivity index (χ4v) is 3.29. The van der Waals surface area contributed by atoms with Gasteiger partial charge >= 0.3 is 0 Å². The Bertz CT molecular complexity index is 421. The molecule has 0 saturated heterocycles. The van der Waals surface area contributed by atoms with Gasteiger partial charge in [-0.1, -0.05) is 36.2 Å². The van der Waals surface area contributed by atoms with Crippen molar-refractivity contribution in [2.45, 2.75) is 45.6 Å². The fourth-order valence-electron chi connectivity index (χ4n) is 2.78. The van der Waals surface area contributed by atoms with Gasteiger partial charge in [-0.25, -0.2) is 4.39 Å². The van der Waals surface area contributed by atoms with Crippen LogP contribution < -0.4 is 4.74 Å². The highest BCUT2D eigenvalue weighted by molar-refractivity contribution is 9.09. The second-order valence-electron chi connectivity index (χ2n) is 5.59. The van der Waals surface area contributed by atoms with Gasteiger partial charge in [-0.2, -0.15) is 0 Å². The molecule has 2 rings (SSSR count). The van der Waals surface area contributed by atoms with Crippen molar-refractivity contribution in [1.29, 1.82) is 0 Å². The number of alkyl halides is 1. The summed E-state index contributed by atoms with van der Waals surface area (Å²) in [6, 6.07) is 4.81. The lowest BCUT2D eigenvalue weighted by Crippen LogP contribution is -2.27. The number of halogens is 2. The largest absolute Gasteiger partial charge is 0.490 e. The van der Waals surface area contributed by atoms with E-state index in [1.807, 2.05) is 0 Å². The van der Waals surface area contributed by atoms with Crippen LogP contribution in [0.4, 0.5) is 4.39 Å². The second-order valence-corrected chi connectivity index (χ2v) is 6.16. The van der Waals surface area contributed by atoms with Crippen LogP contribution in [0.15, 0.2) is 18.2 Å². The van der Waals surface area contributed by atoms with E-state index in [-0.39, 0.29) is 17.3 Å². The van der Waals surface area contributed by atoms with Crippen molar-refractivity contribution < 1.29 is 9.13 Å². The Hall–Kier alpha value is -0.570. The molecule has 1 aliphatic rings. The summed E-state index contributed by atoms with van der Waals surface area (Å²) in [6.45, 7) is 4.50.